The number of likely N-dealkylation sites (tertiary alicyclic amines) is 2. The Labute approximate surface area is 224 Å². The van der Waals surface area contributed by atoms with E-state index < -0.39 is 24.2 Å². The second kappa shape index (κ2) is 11.4. The Kier molecular flexibility index (Phi) is 8.45. The molecule has 3 saturated heterocycles. The first-order valence-electron chi connectivity index (χ1n) is 13.6. The van der Waals surface area contributed by atoms with Gasteiger partial charge in [-0.3, -0.25) is 14.4 Å². The van der Waals surface area contributed by atoms with Crippen LogP contribution in [0.4, 0.5) is 0 Å². The topological polar surface area (TPSA) is 128 Å². The molecule has 3 aliphatic heterocycles. The van der Waals surface area contributed by atoms with Crippen LogP contribution >= 0.6 is 0 Å². The van der Waals surface area contributed by atoms with E-state index in [9.17, 15) is 14.4 Å². The number of carbonyl (C=O) groups is 3. The van der Waals surface area contributed by atoms with Crippen LogP contribution in [0.5, 0.6) is 0 Å². The monoisotopic (exact) mass is 524 g/mol. The smallest absolute Gasteiger partial charge is 0.251 e. The molecule has 0 saturated carbocycles. The Bertz CT molecular complexity index is 1080. The first-order chi connectivity index (χ1) is 18.0. The maximum absolute atomic E-state index is 13.7. The summed E-state index contributed by atoms with van der Waals surface area (Å²) < 4.78 is 5.55. The number of amides is 2. The fraction of sp³-hybridized carbons (Fsp3) is 0.679. The molecule has 3 aliphatic rings. The van der Waals surface area contributed by atoms with Crippen molar-refractivity contribution in [1.82, 2.24) is 15.1 Å². The Hall–Kier alpha value is -2.94. The summed E-state index contributed by atoms with van der Waals surface area (Å²) in [4.78, 5) is 46.3. The van der Waals surface area contributed by atoms with Crippen LogP contribution in [0.25, 0.3) is 10.4 Å². The van der Waals surface area contributed by atoms with Crippen LogP contribution in [-0.4, -0.2) is 83.9 Å². The van der Waals surface area contributed by atoms with Gasteiger partial charge >= 0.3 is 0 Å². The van der Waals surface area contributed by atoms with E-state index >= 15 is 0 Å². The van der Waals surface area contributed by atoms with Crippen LogP contribution in [0.1, 0.15) is 75.7 Å². The van der Waals surface area contributed by atoms with Gasteiger partial charge in [0.1, 0.15) is 18.7 Å². The molecule has 10 heteroatoms. The molecular formula is C28H40N6O4. The van der Waals surface area contributed by atoms with Crippen molar-refractivity contribution in [3.8, 4) is 0 Å². The van der Waals surface area contributed by atoms with E-state index in [0.29, 0.717) is 23.9 Å². The number of benzene rings is 1. The number of Topliss-reactive ketones (excluding diaryl/α,β-unsaturated/α-hetero) is 1. The van der Waals surface area contributed by atoms with E-state index in [4.69, 9.17) is 10.3 Å². The molecule has 3 fully saturated rings. The van der Waals surface area contributed by atoms with Crippen molar-refractivity contribution >= 4 is 17.6 Å². The average molecular weight is 525 g/mol. The second-order valence-electron chi connectivity index (χ2n) is 12.3. The van der Waals surface area contributed by atoms with Gasteiger partial charge in [-0.25, -0.2) is 0 Å². The van der Waals surface area contributed by atoms with Crippen LogP contribution < -0.4 is 5.32 Å². The number of nitrogens with zero attached hydrogens (tertiary/aromatic N) is 5. The van der Waals surface area contributed by atoms with Gasteiger partial charge in [0, 0.05) is 23.1 Å². The largest absolute Gasteiger partial charge is 0.367 e. The normalized spacial score (nSPS) is 25.3. The summed E-state index contributed by atoms with van der Waals surface area (Å²) in [6.45, 7) is 12.6. The lowest BCUT2D eigenvalue weighted by molar-refractivity contribution is -0.138. The molecule has 2 amide bonds. The molecule has 38 heavy (non-hydrogen) atoms. The van der Waals surface area contributed by atoms with Crippen molar-refractivity contribution in [2.24, 2.45) is 10.5 Å². The van der Waals surface area contributed by atoms with Crippen LogP contribution in [0.2, 0.25) is 0 Å². The molecule has 0 unspecified atom stereocenters. The van der Waals surface area contributed by atoms with Crippen LogP contribution in [0.15, 0.2) is 29.4 Å². The van der Waals surface area contributed by atoms with Crippen molar-refractivity contribution in [2.75, 3.05) is 26.2 Å². The van der Waals surface area contributed by atoms with Gasteiger partial charge in [-0.15, -0.1) is 0 Å². The van der Waals surface area contributed by atoms with Crippen LogP contribution in [-0.2, 0) is 14.3 Å². The molecule has 1 aromatic carbocycles. The number of nitrogens with one attached hydrogen (secondary N) is 1. The zero-order valence-electron chi connectivity index (χ0n) is 23.1. The molecule has 0 aromatic heterocycles. The van der Waals surface area contributed by atoms with Crippen molar-refractivity contribution in [2.45, 2.75) is 90.1 Å². The predicted molar refractivity (Wildman–Crippen MR) is 144 cm³/mol. The Morgan fingerprint density at radius 2 is 1.84 bits per heavy atom. The first-order valence-corrected chi connectivity index (χ1v) is 13.6. The summed E-state index contributed by atoms with van der Waals surface area (Å²) in [5, 5.41) is 6.69. The lowest BCUT2D eigenvalue weighted by Crippen LogP contribution is -2.53. The Morgan fingerprint density at radius 3 is 2.42 bits per heavy atom. The molecule has 0 bridgehead atoms. The molecule has 4 rings (SSSR count). The highest BCUT2D eigenvalue weighted by molar-refractivity contribution is 5.99. The zero-order valence-corrected chi connectivity index (χ0v) is 23.1. The van der Waals surface area contributed by atoms with Gasteiger partial charge in [-0.1, -0.05) is 38.0 Å². The van der Waals surface area contributed by atoms with Gasteiger partial charge < -0.3 is 19.9 Å². The highest BCUT2D eigenvalue weighted by atomic mass is 16.5. The van der Waals surface area contributed by atoms with Crippen molar-refractivity contribution in [3.63, 3.8) is 0 Å². The number of ketones is 1. The van der Waals surface area contributed by atoms with Gasteiger partial charge in [-0.2, -0.15) is 0 Å². The molecule has 0 spiro atoms. The van der Waals surface area contributed by atoms with Crippen molar-refractivity contribution in [1.29, 1.82) is 0 Å². The zero-order chi connectivity index (χ0) is 27.6. The minimum Gasteiger partial charge on any atom is -0.367 e. The van der Waals surface area contributed by atoms with Gasteiger partial charge in [-0.05, 0) is 80.8 Å². The summed E-state index contributed by atoms with van der Waals surface area (Å²) >= 11 is 0. The van der Waals surface area contributed by atoms with Gasteiger partial charge in [0.25, 0.3) is 5.91 Å². The fourth-order valence-electron chi connectivity index (χ4n) is 5.94. The first kappa shape index (κ1) is 28.1. The van der Waals surface area contributed by atoms with Gasteiger partial charge in [0.15, 0.2) is 5.78 Å². The highest BCUT2D eigenvalue weighted by Crippen LogP contribution is 2.32. The van der Waals surface area contributed by atoms with Gasteiger partial charge in [0.05, 0.1) is 12.1 Å². The third-order valence-electron chi connectivity index (χ3n) is 7.96. The maximum atomic E-state index is 13.7. The van der Waals surface area contributed by atoms with Crippen LogP contribution in [0.3, 0.4) is 0 Å². The Morgan fingerprint density at radius 1 is 1.18 bits per heavy atom. The van der Waals surface area contributed by atoms with E-state index in [1.165, 1.54) is 10.5 Å². The molecular weight excluding hydrogens is 484 g/mol. The van der Waals surface area contributed by atoms with E-state index in [1.807, 2.05) is 45.0 Å². The van der Waals surface area contributed by atoms with Crippen molar-refractivity contribution < 1.29 is 19.1 Å². The highest BCUT2D eigenvalue weighted by Gasteiger charge is 2.53. The SMILES string of the molecule is CC(C)N1CCC(c2ccc(C(=O)N[C@@H](CC(C)(C)C)C(=O)N3C[C@H](N=[N+]=[N-])[C@H]4OCC(=O)[C@H]43)cc2)CC1. The summed E-state index contributed by atoms with van der Waals surface area (Å²) in [5.41, 5.74) is 10.4. The molecule has 206 valence electrons. The summed E-state index contributed by atoms with van der Waals surface area (Å²) in [6, 6.07) is 6.00. The number of ether oxygens (including phenoxy) is 1. The van der Waals surface area contributed by atoms with Gasteiger partial charge in [0.2, 0.25) is 5.91 Å². The van der Waals surface area contributed by atoms with E-state index in [1.54, 1.807) is 0 Å². The average Bonchev–Trinajstić information content (AvgIpc) is 3.43. The van der Waals surface area contributed by atoms with E-state index in [-0.39, 0.29) is 36.2 Å². The molecule has 4 atom stereocenters. The molecule has 3 heterocycles. The minimum atomic E-state index is -0.832. The lowest BCUT2D eigenvalue weighted by Gasteiger charge is -2.34. The predicted octanol–water partition coefficient (Wildman–Crippen LogP) is 3.67. The molecule has 10 nitrogen and oxygen atoms in total. The third-order valence-corrected chi connectivity index (χ3v) is 7.96. The number of hydrogen-bond acceptors (Lipinski definition) is 6. The minimum absolute atomic E-state index is 0.0881. The second-order valence-corrected chi connectivity index (χ2v) is 12.3. The molecule has 0 radical (unpaired) electrons. The Balaban J connectivity index is 1.46. The summed E-state index contributed by atoms with van der Waals surface area (Å²) in [7, 11) is 0. The summed E-state index contributed by atoms with van der Waals surface area (Å²) in [5.74, 6) is -0.415. The van der Waals surface area contributed by atoms with Crippen LogP contribution in [0, 0.1) is 5.41 Å². The van der Waals surface area contributed by atoms with E-state index in [0.717, 1.165) is 25.9 Å². The lowest BCUT2D eigenvalue weighted by atomic mass is 9.87. The molecule has 1 N–H and O–H groups in total. The number of azide groups is 1. The standard InChI is InChI=1S/C28H40N6O4/c1-17(2)33-12-10-19(11-13-33)18-6-8-20(9-7-18)26(36)30-21(14-28(3,4)5)27(37)34-15-22(31-32-29)25-24(34)23(35)16-38-25/h6-9,17,19,21-22,24-25H,10-16H2,1-5H3,(H,30,36)/t21-,22-,24+,25+/m0/s1. The maximum Gasteiger partial charge on any atom is 0.251 e. The van der Waals surface area contributed by atoms with E-state index in [2.05, 4.69) is 34.1 Å². The number of piperidine rings is 1. The molecule has 1 aromatic rings. The molecule has 0 aliphatic carbocycles. The quantitative estimate of drug-likeness (QED) is 0.331. The number of hydrogen-bond donors (Lipinski definition) is 1. The number of rotatable bonds is 7. The number of fused-ring (bicyclic) bond motifs is 1. The van der Waals surface area contributed by atoms with Crippen molar-refractivity contribution in [3.05, 3.63) is 45.8 Å². The summed E-state index contributed by atoms with van der Waals surface area (Å²) in [6.07, 6.45) is 1.94. The third kappa shape index (κ3) is 6.20. The fourth-order valence-corrected chi connectivity index (χ4v) is 5.94. The number of carbonyl (C=O) groups excluding carboxylic acids is 3.